The maximum Gasteiger partial charge on any atom is 0.137 e. The van der Waals surface area contributed by atoms with Gasteiger partial charge in [0.2, 0.25) is 0 Å². The maximum absolute atomic E-state index is 6.25. The first-order chi connectivity index (χ1) is 9.97. The normalized spacial score (nSPS) is 24.5. The first-order valence-corrected chi connectivity index (χ1v) is 7.79. The van der Waals surface area contributed by atoms with Crippen LogP contribution in [0.2, 0.25) is 5.02 Å². The van der Waals surface area contributed by atoms with E-state index in [2.05, 4.69) is 36.9 Å². The SMILES string of the molecule is COc1ccc(C(CN)N2CC(C)C(N(C)C)C2)cc1Cl. The molecule has 1 saturated heterocycles. The summed E-state index contributed by atoms with van der Waals surface area (Å²) in [6.45, 7) is 5.00. The van der Waals surface area contributed by atoms with Crippen LogP contribution in [-0.4, -0.2) is 56.7 Å². The molecule has 0 saturated carbocycles. The molecule has 4 nitrogen and oxygen atoms in total. The number of nitrogens with two attached hydrogens (primary N) is 1. The first kappa shape index (κ1) is 16.6. The molecule has 0 radical (unpaired) electrons. The van der Waals surface area contributed by atoms with Gasteiger partial charge in [-0.2, -0.15) is 0 Å². The van der Waals surface area contributed by atoms with Crippen molar-refractivity contribution in [1.29, 1.82) is 0 Å². The van der Waals surface area contributed by atoms with Gasteiger partial charge in [-0.05, 0) is 37.7 Å². The molecular weight excluding hydrogens is 286 g/mol. The third-order valence-electron chi connectivity index (χ3n) is 4.49. The van der Waals surface area contributed by atoms with E-state index in [0.717, 1.165) is 18.7 Å². The summed E-state index contributed by atoms with van der Waals surface area (Å²) >= 11 is 6.25. The number of rotatable bonds is 5. The molecular formula is C16H26ClN3O. The standard InChI is InChI=1S/C16H26ClN3O/c1-11-9-20(10-15(11)19(2)3)14(8-18)12-5-6-16(21-4)13(17)7-12/h5-7,11,14-15H,8-10,18H2,1-4H3. The first-order valence-electron chi connectivity index (χ1n) is 7.42. The highest BCUT2D eigenvalue weighted by Gasteiger charge is 2.34. The summed E-state index contributed by atoms with van der Waals surface area (Å²) < 4.78 is 5.22. The molecule has 0 aromatic heterocycles. The molecule has 3 unspecified atom stereocenters. The highest BCUT2D eigenvalue weighted by molar-refractivity contribution is 6.32. The van der Waals surface area contributed by atoms with Gasteiger partial charge in [0.05, 0.1) is 12.1 Å². The summed E-state index contributed by atoms with van der Waals surface area (Å²) in [6.07, 6.45) is 0. The molecule has 118 valence electrons. The van der Waals surface area contributed by atoms with Crippen molar-refractivity contribution in [2.24, 2.45) is 11.7 Å². The molecule has 21 heavy (non-hydrogen) atoms. The Morgan fingerprint density at radius 2 is 2.14 bits per heavy atom. The second-order valence-electron chi connectivity index (χ2n) is 6.11. The molecule has 1 heterocycles. The van der Waals surface area contributed by atoms with Gasteiger partial charge in [-0.1, -0.05) is 24.6 Å². The lowest BCUT2D eigenvalue weighted by Crippen LogP contribution is -2.36. The molecule has 1 aliphatic heterocycles. The molecule has 0 aliphatic carbocycles. The van der Waals surface area contributed by atoms with E-state index < -0.39 is 0 Å². The van der Waals surface area contributed by atoms with Crippen molar-refractivity contribution in [3.8, 4) is 5.75 Å². The number of halogens is 1. The average molecular weight is 312 g/mol. The Bertz CT molecular complexity index is 481. The van der Waals surface area contributed by atoms with E-state index in [9.17, 15) is 0 Å². The van der Waals surface area contributed by atoms with Crippen molar-refractivity contribution in [2.75, 3.05) is 40.8 Å². The minimum absolute atomic E-state index is 0.209. The Labute approximate surface area is 132 Å². The van der Waals surface area contributed by atoms with E-state index in [4.69, 9.17) is 22.1 Å². The third-order valence-corrected chi connectivity index (χ3v) is 4.78. The molecule has 0 bridgehead atoms. The summed E-state index contributed by atoms with van der Waals surface area (Å²) in [6, 6.07) is 6.75. The lowest BCUT2D eigenvalue weighted by Gasteiger charge is -2.28. The van der Waals surface area contributed by atoms with E-state index in [-0.39, 0.29) is 6.04 Å². The molecule has 0 amide bonds. The van der Waals surface area contributed by atoms with Crippen LogP contribution in [0.1, 0.15) is 18.5 Å². The fourth-order valence-electron chi connectivity index (χ4n) is 3.30. The highest BCUT2D eigenvalue weighted by atomic mass is 35.5. The molecule has 1 aliphatic rings. The quantitative estimate of drug-likeness (QED) is 0.905. The van der Waals surface area contributed by atoms with Crippen molar-refractivity contribution in [3.63, 3.8) is 0 Å². The summed E-state index contributed by atoms with van der Waals surface area (Å²) in [4.78, 5) is 4.77. The molecule has 1 aromatic carbocycles. The molecule has 5 heteroatoms. The van der Waals surface area contributed by atoms with E-state index in [1.54, 1.807) is 7.11 Å². The van der Waals surface area contributed by atoms with E-state index >= 15 is 0 Å². The van der Waals surface area contributed by atoms with Gasteiger partial charge in [-0.3, -0.25) is 4.90 Å². The Morgan fingerprint density at radius 1 is 1.43 bits per heavy atom. The monoisotopic (exact) mass is 311 g/mol. The zero-order valence-corrected chi connectivity index (χ0v) is 14.1. The Hall–Kier alpha value is -0.810. The maximum atomic E-state index is 6.25. The smallest absolute Gasteiger partial charge is 0.137 e. The van der Waals surface area contributed by atoms with Crippen LogP contribution in [-0.2, 0) is 0 Å². The predicted molar refractivity (Wildman–Crippen MR) is 88.0 cm³/mol. The van der Waals surface area contributed by atoms with Gasteiger partial charge in [0, 0.05) is 31.7 Å². The number of nitrogens with zero attached hydrogens (tertiary/aromatic N) is 2. The Kier molecular flexibility index (Phi) is 5.49. The second kappa shape index (κ2) is 6.97. The van der Waals surface area contributed by atoms with Crippen LogP contribution in [0.15, 0.2) is 18.2 Å². The zero-order chi connectivity index (χ0) is 15.6. The molecule has 0 spiro atoms. The molecule has 1 aromatic rings. The van der Waals surface area contributed by atoms with Gasteiger partial charge < -0.3 is 15.4 Å². The van der Waals surface area contributed by atoms with Crippen molar-refractivity contribution < 1.29 is 4.74 Å². The Morgan fingerprint density at radius 3 is 2.62 bits per heavy atom. The minimum atomic E-state index is 0.209. The van der Waals surface area contributed by atoms with Gasteiger partial charge >= 0.3 is 0 Å². The molecule has 1 fully saturated rings. The van der Waals surface area contributed by atoms with Crippen molar-refractivity contribution >= 4 is 11.6 Å². The predicted octanol–water partition coefficient (Wildman–Crippen LogP) is 2.23. The average Bonchev–Trinajstić information content (AvgIpc) is 2.82. The minimum Gasteiger partial charge on any atom is -0.495 e. The van der Waals surface area contributed by atoms with Crippen LogP contribution in [0, 0.1) is 5.92 Å². The second-order valence-corrected chi connectivity index (χ2v) is 6.51. The highest BCUT2D eigenvalue weighted by Crippen LogP contribution is 2.32. The van der Waals surface area contributed by atoms with Gasteiger partial charge in [0.1, 0.15) is 5.75 Å². The van der Waals surface area contributed by atoms with Gasteiger partial charge in [-0.15, -0.1) is 0 Å². The molecule has 3 atom stereocenters. The number of likely N-dealkylation sites (tertiary alicyclic amines) is 1. The number of likely N-dealkylation sites (N-methyl/N-ethyl adjacent to an activating group) is 1. The van der Waals surface area contributed by atoms with Gasteiger partial charge in [-0.25, -0.2) is 0 Å². The van der Waals surface area contributed by atoms with Crippen molar-refractivity contribution in [3.05, 3.63) is 28.8 Å². The van der Waals surface area contributed by atoms with Crippen LogP contribution < -0.4 is 10.5 Å². The largest absolute Gasteiger partial charge is 0.495 e. The summed E-state index contributed by atoms with van der Waals surface area (Å²) in [5.41, 5.74) is 7.20. The molecule has 2 rings (SSSR count). The summed E-state index contributed by atoms with van der Waals surface area (Å²) in [5, 5.41) is 0.643. The van der Waals surface area contributed by atoms with Crippen LogP contribution in [0.25, 0.3) is 0 Å². The van der Waals surface area contributed by atoms with Crippen LogP contribution in [0.3, 0.4) is 0 Å². The third kappa shape index (κ3) is 3.51. The van der Waals surface area contributed by atoms with Crippen LogP contribution >= 0.6 is 11.6 Å². The topological polar surface area (TPSA) is 41.7 Å². The van der Waals surface area contributed by atoms with Crippen LogP contribution in [0.5, 0.6) is 5.75 Å². The lowest BCUT2D eigenvalue weighted by molar-refractivity contribution is 0.219. The fraction of sp³-hybridized carbons (Fsp3) is 0.625. The van der Waals surface area contributed by atoms with Crippen molar-refractivity contribution in [1.82, 2.24) is 9.80 Å². The van der Waals surface area contributed by atoms with E-state index in [0.29, 0.717) is 29.3 Å². The number of methoxy groups -OCH3 is 1. The van der Waals surface area contributed by atoms with E-state index in [1.165, 1.54) is 0 Å². The van der Waals surface area contributed by atoms with E-state index in [1.807, 2.05) is 12.1 Å². The Balaban J connectivity index is 2.19. The zero-order valence-electron chi connectivity index (χ0n) is 13.3. The number of hydrogen-bond acceptors (Lipinski definition) is 4. The molecule has 2 N–H and O–H groups in total. The number of hydrogen-bond donors (Lipinski definition) is 1. The number of ether oxygens (including phenoxy) is 1. The summed E-state index contributed by atoms with van der Waals surface area (Å²) in [5.74, 6) is 1.35. The van der Waals surface area contributed by atoms with Gasteiger partial charge in [0.15, 0.2) is 0 Å². The van der Waals surface area contributed by atoms with Crippen molar-refractivity contribution in [2.45, 2.75) is 19.0 Å². The summed E-state index contributed by atoms with van der Waals surface area (Å²) in [7, 11) is 5.92. The van der Waals surface area contributed by atoms with Gasteiger partial charge in [0.25, 0.3) is 0 Å². The number of benzene rings is 1. The van der Waals surface area contributed by atoms with Crippen LogP contribution in [0.4, 0.5) is 0 Å². The lowest BCUT2D eigenvalue weighted by atomic mass is 10.1. The fourth-order valence-corrected chi connectivity index (χ4v) is 3.57.